The van der Waals surface area contributed by atoms with Crippen molar-refractivity contribution < 1.29 is 13.2 Å². The molecule has 0 spiro atoms. The average molecular weight is 331 g/mol. The molecule has 0 saturated heterocycles. The summed E-state index contributed by atoms with van der Waals surface area (Å²) < 4.78 is 41.1. The first-order valence-corrected chi connectivity index (χ1v) is 7.61. The van der Waals surface area contributed by atoms with E-state index in [1.807, 2.05) is 26.0 Å². The standard InChI is InChI=1S/C19H16F3NO/c1-12(2)15-11-23(18(24)14-8-4-3-7-13(14)15)17-10-6-5-9-16(17)19(20,21)22/h3-12H,1-2H3. The van der Waals surface area contributed by atoms with Gasteiger partial charge in [0.2, 0.25) is 0 Å². The summed E-state index contributed by atoms with van der Waals surface area (Å²) in [5.41, 5.74) is -0.589. The Balaban J connectivity index is 2.41. The zero-order valence-corrected chi connectivity index (χ0v) is 13.3. The summed E-state index contributed by atoms with van der Waals surface area (Å²) in [4.78, 5) is 12.8. The Morgan fingerprint density at radius 2 is 1.50 bits per heavy atom. The first-order chi connectivity index (χ1) is 11.3. The van der Waals surface area contributed by atoms with Crippen LogP contribution in [0.1, 0.15) is 30.9 Å². The van der Waals surface area contributed by atoms with Gasteiger partial charge in [0.05, 0.1) is 11.3 Å². The van der Waals surface area contributed by atoms with Crippen LogP contribution in [-0.2, 0) is 6.18 Å². The zero-order chi connectivity index (χ0) is 17.5. The number of aromatic nitrogens is 1. The largest absolute Gasteiger partial charge is 0.418 e. The molecular weight excluding hydrogens is 315 g/mol. The second-order valence-corrected chi connectivity index (χ2v) is 5.97. The molecule has 1 heterocycles. The van der Waals surface area contributed by atoms with E-state index >= 15 is 0 Å². The molecule has 124 valence electrons. The van der Waals surface area contributed by atoms with Crippen molar-refractivity contribution in [1.29, 1.82) is 0 Å². The van der Waals surface area contributed by atoms with Crippen LogP contribution < -0.4 is 5.56 Å². The summed E-state index contributed by atoms with van der Waals surface area (Å²) in [6.45, 7) is 3.90. The zero-order valence-electron chi connectivity index (χ0n) is 13.3. The van der Waals surface area contributed by atoms with Crippen LogP contribution in [0.5, 0.6) is 0 Å². The number of benzene rings is 2. The molecule has 3 rings (SSSR count). The molecule has 2 nitrogen and oxygen atoms in total. The second kappa shape index (κ2) is 5.82. The topological polar surface area (TPSA) is 22.0 Å². The molecule has 0 unspecified atom stereocenters. The molecule has 0 aliphatic heterocycles. The first kappa shape index (κ1) is 16.3. The van der Waals surface area contributed by atoms with Crippen LogP contribution in [0, 0.1) is 0 Å². The van der Waals surface area contributed by atoms with Crippen LogP contribution in [0.3, 0.4) is 0 Å². The molecule has 1 aromatic heterocycles. The van der Waals surface area contributed by atoms with Crippen LogP contribution >= 0.6 is 0 Å². The predicted octanol–water partition coefficient (Wildman–Crippen LogP) is 5.13. The Labute approximate surface area is 137 Å². The third-order valence-electron chi connectivity index (χ3n) is 4.05. The number of nitrogens with zero attached hydrogens (tertiary/aromatic N) is 1. The molecule has 3 aromatic rings. The molecule has 0 amide bonds. The fourth-order valence-electron chi connectivity index (χ4n) is 2.88. The summed E-state index contributed by atoms with van der Waals surface area (Å²) in [6, 6.07) is 12.1. The van der Waals surface area contributed by atoms with Crippen molar-refractivity contribution in [2.24, 2.45) is 0 Å². The van der Waals surface area contributed by atoms with Crippen LogP contribution in [0.15, 0.2) is 59.5 Å². The van der Waals surface area contributed by atoms with Crippen molar-refractivity contribution in [2.75, 3.05) is 0 Å². The predicted molar refractivity (Wildman–Crippen MR) is 88.6 cm³/mol. The maximum absolute atomic E-state index is 13.3. The Kier molecular flexibility index (Phi) is 3.95. The number of pyridine rings is 1. The minimum atomic E-state index is -4.53. The van der Waals surface area contributed by atoms with Crippen LogP contribution in [0.4, 0.5) is 13.2 Å². The summed E-state index contributed by atoms with van der Waals surface area (Å²) >= 11 is 0. The van der Waals surface area contributed by atoms with E-state index in [4.69, 9.17) is 0 Å². The van der Waals surface area contributed by atoms with Crippen molar-refractivity contribution in [3.63, 3.8) is 0 Å². The highest BCUT2D eigenvalue weighted by atomic mass is 19.4. The molecule has 0 saturated carbocycles. The van der Waals surface area contributed by atoms with E-state index in [0.717, 1.165) is 21.6 Å². The maximum Gasteiger partial charge on any atom is 0.418 e. The van der Waals surface area contributed by atoms with Crippen molar-refractivity contribution in [2.45, 2.75) is 25.9 Å². The Morgan fingerprint density at radius 3 is 2.12 bits per heavy atom. The molecule has 0 atom stereocenters. The van der Waals surface area contributed by atoms with E-state index in [1.54, 1.807) is 12.1 Å². The van der Waals surface area contributed by atoms with Crippen molar-refractivity contribution in [3.05, 3.63) is 76.2 Å². The lowest BCUT2D eigenvalue weighted by molar-refractivity contribution is -0.137. The molecule has 0 radical (unpaired) electrons. The molecular formula is C19H16F3NO. The van der Waals surface area contributed by atoms with Crippen molar-refractivity contribution >= 4 is 10.8 Å². The van der Waals surface area contributed by atoms with Crippen LogP contribution in [-0.4, -0.2) is 4.57 Å². The highest BCUT2D eigenvalue weighted by Gasteiger charge is 2.34. The summed E-state index contributed by atoms with van der Waals surface area (Å²) in [6.07, 6.45) is -3.00. The summed E-state index contributed by atoms with van der Waals surface area (Å²) in [5, 5.41) is 1.19. The lowest BCUT2D eigenvalue weighted by Gasteiger charge is -2.18. The highest BCUT2D eigenvalue weighted by molar-refractivity contribution is 5.85. The van der Waals surface area contributed by atoms with Crippen LogP contribution in [0.25, 0.3) is 16.5 Å². The number of rotatable bonds is 2. The van der Waals surface area contributed by atoms with Gasteiger partial charge >= 0.3 is 6.18 Å². The van der Waals surface area contributed by atoms with E-state index in [2.05, 4.69) is 0 Å². The lowest BCUT2D eigenvalue weighted by Crippen LogP contribution is -2.22. The number of fused-ring (bicyclic) bond motifs is 1. The average Bonchev–Trinajstić information content (AvgIpc) is 2.54. The number of hydrogen-bond acceptors (Lipinski definition) is 1. The van der Waals surface area contributed by atoms with E-state index in [1.165, 1.54) is 24.4 Å². The third kappa shape index (κ3) is 2.70. The van der Waals surface area contributed by atoms with Gasteiger partial charge < -0.3 is 0 Å². The van der Waals surface area contributed by atoms with Crippen molar-refractivity contribution in [3.8, 4) is 5.69 Å². The van der Waals surface area contributed by atoms with Gasteiger partial charge in [0.15, 0.2) is 0 Å². The minimum Gasteiger partial charge on any atom is -0.283 e. The SMILES string of the molecule is CC(C)c1cn(-c2ccccc2C(F)(F)F)c(=O)c2ccccc12. The molecule has 5 heteroatoms. The molecule has 0 N–H and O–H groups in total. The maximum atomic E-state index is 13.3. The fourth-order valence-corrected chi connectivity index (χ4v) is 2.88. The fraction of sp³-hybridized carbons (Fsp3) is 0.211. The number of para-hydroxylation sites is 1. The second-order valence-electron chi connectivity index (χ2n) is 5.97. The van der Waals surface area contributed by atoms with E-state index in [0.29, 0.717) is 5.39 Å². The van der Waals surface area contributed by atoms with Gasteiger partial charge in [0.25, 0.3) is 5.56 Å². The van der Waals surface area contributed by atoms with Gasteiger partial charge in [-0.15, -0.1) is 0 Å². The first-order valence-electron chi connectivity index (χ1n) is 7.61. The van der Waals surface area contributed by atoms with Gasteiger partial charge in [-0.25, -0.2) is 0 Å². The number of halogens is 3. The Hall–Kier alpha value is -2.56. The molecule has 0 fully saturated rings. The van der Waals surface area contributed by atoms with Crippen LogP contribution in [0.2, 0.25) is 0 Å². The molecule has 0 aliphatic carbocycles. The van der Waals surface area contributed by atoms with Crippen molar-refractivity contribution in [1.82, 2.24) is 4.57 Å². The van der Waals surface area contributed by atoms with Gasteiger partial charge in [-0.2, -0.15) is 13.2 Å². The van der Waals surface area contributed by atoms with Gasteiger partial charge in [-0.1, -0.05) is 44.2 Å². The smallest absolute Gasteiger partial charge is 0.283 e. The quantitative estimate of drug-likeness (QED) is 0.638. The van der Waals surface area contributed by atoms with E-state index in [9.17, 15) is 18.0 Å². The number of alkyl halides is 3. The molecule has 0 bridgehead atoms. The monoisotopic (exact) mass is 331 g/mol. The minimum absolute atomic E-state index is 0.0693. The van der Waals surface area contributed by atoms with Gasteiger partial charge in [-0.3, -0.25) is 9.36 Å². The van der Waals surface area contributed by atoms with E-state index in [-0.39, 0.29) is 11.6 Å². The summed E-state index contributed by atoms with van der Waals surface area (Å²) in [7, 11) is 0. The Bertz CT molecular complexity index is 955. The lowest BCUT2D eigenvalue weighted by atomic mass is 9.98. The van der Waals surface area contributed by atoms with Gasteiger partial charge in [0.1, 0.15) is 0 Å². The number of hydrogen-bond donors (Lipinski definition) is 0. The van der Waals surface area contributed by atoms with Gasteiger partial charge in [0, 0.05) is 11.6 Å². The normalized spacial score (nSPS) is 12.1. The molecule has 2 aromatic carbocycles. The molecule has 24 heavy (non-hydrogen) atoms. The Morgan fingerprint density at radius 1 is 0.917 bits per heavy atom. The van der Waals surface area contributed by atoms with E-state index < -0.39 is 17.3 Å². The molecule has 0 aliphatic rings. The third-order valence-corrected chi connectivity index (χ3v) is 4.05. The highest BCUT2D eigenvalue weighted by Crippen LogP contribution is 2.34. The van der Waals surface area contributed by atoms with Gasteiger partial charge in [-0.05, 0) is 35.1 Å². The summed E-state index contributed by atoms with van der Waals surface area (Å²) in [5.74, 6) is 0.0693.